The van der Waals surface area contributed by atoms with Crippen LogP contribution in [0.1, 0.15) is 26.7 Å². The van der Waals surface area contributed by atoms with Gasteiger partial charge in [0.25, 0.3) is 0 Å². The standard InChI is InChI=1S/C8H17NO/c1-5-3-4-7(5)8(10)6(2)9/h5-8,10H,3-4,9H2,1-2H3/t5?,6-,7?,8?/m0/s1. The highest BCUT2D eigenvalue weighted by Crippen LogP contribution is 2.36. The summed E-state index contributed by atoms with van der Waals surface area (Å²) in [6, 6.07) is -0.0623. The summed E-state index contributed by atoms with van der Waals surface area (Å²) in [7, 11) is 0. The van der Waals surface area contributed by atoms with Crippen LogP contribution in [0.15, 0.2) is 0 Å². The van der Waals surface area contributed by atoms with Crippen LogP contribution < -0.4 is 5.73 Å². The maximum atomic E-state index is 9.49. The van der Waals surface area contributed by atoms with E-state index in [0.717, 1.165) is 6.42 Å². The van der Waals surface area contributed by atoms with E-state index in [2.05, 4.69) is 6.92 Å². The molecule has 0 saturated heterocycles. The van der Waals surface area contributed by atoms with Gasteiger partial charge >= 0.3 is 0 Å². The van der Waals surface area contributed by atoms with Gasteiger partial charge in [-0.1, -0.05) is 6.92 Å². The van der Waals surface area contributed by atoms with Crippen molar-refractivity contribution in [2.24, 2.45) is 17.6 Å². The van der Waals surface area contributed by atoms with Crippen LogP contribution in [0.5, 0.6) is 0 Å². The third kappa shape index (κ3) is 1.32. The van der Waals surface area contributed by atoms with Crippen LogP contribution in [0.3, 0.4) is 0 Å². The van der Waals surface area contributed by atoms with E-state index in [4.69, 9.17) is 5.73 Å². The minimum atomic E-state index is -0.274. The van der Waals surface area contributed by atoms with Gasteiger partial charge in [0.2, 0.25) is 0 Å². The molecule has 0 aliphatic heterocycles. The molecule has 10 heavy (non-hydrogen) atoms. The van der Waals surface area contributed by atoms with Gasteiger partial charge in [-0.15, -0.1) is 0 Å². The van der Waals surface area contributed by atoms with Crippen molar-refractivity contribution in [2.45, 2.75) is 38.8 Å². The average molecular weight is 143 g/mol. The van der Waals surface area contributed by atoms with E-state index in [1.807, 2.05) is 6.92 Å². The molecule has 3 unspecified atom stereocenters. The molecule has 0 heterocycles. The molecule has 1 rings (SSSR count). The Morgan fingerprint density at radius 2 is 2.10 bits per heavy atom. The van der Waals surface area contributed by atoms with Gasteiger partial charge in [-0.2, -0.15) is 0 Å². The van der Waals surface area contributed by atoms with Gasteiger partial charge in [0.15, 0.2) is 0 Å². The van der Waals surface area contributed by atoms with Crippen molar-refractivity contribution in [3.05, 3.63) is 0 Å². The Kier molecular flexibility index (Phi) is 2.32. The first-order valence-electron chi connectivity index (χ1n) is 4.06. The number of hydrogen-bond donors (Lipinski definition) is 2. The molecule has 3 N–H and O–H groups in total. The largest absolute Gasteiger partial charge is 0.391 e. The Hall–Kier alpha value is -0.0800. The Morgan fingerprint density at radius 1 is 1.50 bits per heavy atom. The summed E-state index contributed by atoms with van der Waals surface area (Å²) in [5.74, 6) is 1.15. The Bertz CT molecular complexity index is 109. The zero-order valence-corrected chi connectivity index (χ0v) is 6.75. The molecule has 2 nitrogen and oxygen atoms in total. The van der Waals surface area contributed by atoms with Crippen molar-refractivity contribution >= 4 is 0 Å². The summed E-state index contributed by atoms with van der Waals surface area (Å²) < 4.78 is 0. The molecule has 1 aliphatic carbocycles. The summed E-state index contributed by atoms with van der Waals surface area (Å²) in [5, 5.41) is 9.49. The topological polar surface area (TPSA) is 46.2 Å². The van der Waals surface area contributed by atoms with Gasteiger partial charge in [0, 0.05) is 6.04 Å². The predicted octanol–water partition coefficient (Wildman–Crippen LogP) is 0.741. The molecule has 0 bridgehead atoms. The lowest BCUT2D eigenvalue weighted by atomic mass is 9.70. The van der Waals surface area contributed by atoms with Crippen LogP contribution in [-0.2, 0) is 0 Å². The number of hydrogen-bond acceptors (Lipinski definition) is 2. The second-order valence-electron chi connectivity index (χ2n) is 3.57. The van der Waals surface area contributed by atoms with Gasteiger partial charge in [0.05, 0.1) is 6.10 Å². The van der Waals surface area contributed by atoms with Crippen LogP contribution in [-0.4, -0.2) is 17.3 Å². The first-order chi connectivity index (χ1) is 4.63. The molecule has 1 aliphatic rings. The van der Waals surface area contributed by atoms with Gasteiger partial charge in [-0.3, -0.25) is 0 Å². The zero-order valence-electron chi connectivity index (χ0n) is 6.75. The molecule has 0 amide bonds. The maximum absolute atomic E-state index is 9.49. The molecule has 0 aromatic rings. The van der Waals surface area contributed by atoms with Crippen molar-refractivity contribution in [2.75, 3.05) is 0 Å². The van der Waals surface area contributed by atoms with Crippen LogP contribution in [0.4, 0.5) is 0 Å². The van der Waals surface area contributed by atoms with Crippen molar-refractivity contribution in [3.63, 3.8) is 0 Å². The minimum absolute atomic E-state index is 0.0623. The normalized spacial score (nSPS) is 38.4. The van der Waals surface area contributed by atoms with E-state index in [1.165, 1.54) is 6.42 Å². The van der Waals surface area contributed by atoms with Gasteiger partial charge in [0.1, 0.15) is 0 Å². The first kappa shape index (κ1) is 8.02. The molecule has 60 valence electrons. The molecule has 4 atom stereocenters. The SMILES string of the molecule is CC1CCC1C(O)[C@H](C)N. The van der Waals surface area contributed by atoms with Crippen LogP contribution >= 0.6 is 0 Å². The van der Waals surface area contributed by atoms with Crippen LogP contribution in [0.25, 0.3) is 0 Å². The second kappa shape index (κ2) is 2.89. The van der Waals surface area contributed by atoms with Crippen molar-refractivity contribution in [1.29, 1.82) is 0 Å². The van der Waals surface area contributed by atoms with E-state index in [0.29, 0.717) is 11.8 Å². The number of nitrogens with two attached hydrogens (primary N) is 1. The highest BCUT2D eigenvalue weighted by atomic mass is 16.3. The molecule has 0 aromatic carbocycles. The highest BCUT2D eigenvalue weighted by Gasteiger charge is 2.34. The Labute approximate surface area is 62.4 Å². The number of aliphatic hydroxyl groups is 1. The average Bonchev–Trinajstić information content (AvgIpc) is 1.84. The monoisotopic (exact) mass is 143 g/mol. The lowest BCUT2D eigenvalue weighted by Crippen LogP contribution is -2.44. The molecule has 0 radical (unpaired) electrons. The zero-order chi connectivity index (χ0) is 7.72. The Balaban J connectivity index is 2.34. The van der Waals surface area contributed by atoms with Gasteiger partial charge < -0.3 is 10.8 Å². The molecule has 0 aromatic heterocycles. The van der Waals surface area contributed by atoms with Crippen molar-refractivity contribution in [1.82, 2.24) is 0 Å². The minimum Gasteiger partial charge on any atom is -0.391 e. The van der Waals surface area contributed by atoms with E-state index in [-0.39, 0.29) is 12.1 Å². The van der Waals surface area contributed by atoms with E-state index in [1.54, 1.807) is 0 Å². The highest BCUT2D eigenvalue weighted by molar-refractivity contribution is 4.86. The predicted molar refractivity (Wildman–Crippen MR) is 41.5 cm³/mol. The molecule has 2 heteroatoms. The third-order valence-electron chi connectivity index (χ3n) is 2.66. The van der Waals surface area contributed by atoms with Crippen LogP contribution in [0, 0.1) is 11.8 Å². The fourth-order valence-electron chi connectivity index (χ4n) is 1.59. The first-order valence-corrected chi connectivity index (χ1v) is 4.06. The van der Waals surface area contributed by atoms with Crippen molar-refractivity contribution in [3.8, 4) is 0 Å². The molecule has 1 fully saturated rings. The molecule has 0 spiro atoms. The van der Waals surface area contributed by atoms with Gasteiger partial charge in [-0.25, -0.2) is 0 Å². The summed E-state index contributed by atoms with van der Waals surface area (Å²) >= 11 is 0. The van der Waals surface area contributed by atoms with E-state index >= 15 is 0 Å². The van der Waals surface area contributed by atoms with Crippen LogP contribution in [0.2, 0.25) is 0 Å². The van der Waals surface area contributed by atoms with Crippen molar-refractivity contribution < 1.29 is 5.11 Å². The fraction of sp³-hybridized carbons (Fsp3) is 1.00. The second-order valence-corrected chi connectivity index (χ2v) is 3.57. The lowest BCUT2D eigenvalue weighted by molar-refractivity contribution is 0.00795. The fourth-order valence-corrected chi connectivity index (χ4v) is 1.59. The summed E-state index contributed by atoms with van der Waals surface area (Å²) in [6.45, 7) is 4.05. The third-order valence-corrected chi connectivity index (χ3v) is 2.66. The summed E-state index contributed by atoms with van der Waals surface area (Å²) in [5.41, 5.74) is 5.56. The summed E-state index contributed by atoms with van der Waals surface area (Å²) in [4.78, 5) is 0. The molecule has 1 saturated carbocycles. The lowest BCUT2D eigenvalue weighted by Gasteiger charge is -2.38. The Morgan fingerprint density at radius 3 is 2.20 bits per heavy atom. The van der Waals surface area contributed by atoms with E-state index in [9.17, 15) is 5.11 Å². The quantitative estimate of drug-likeness (QED) is 0.599. The number of aliphatic hydroxyl groups excluding tert-OH is 1. The molecular weight excluding hydrogens is 126 g/mol. The van der Waals surface area contributed by atoms with Gasteiger partial charge in [-0.05, 0) is 31.6 Å². The smallest absolute Gasteiger partial charge is 0.0719 e. The molecular formula is C8H17NO. The van der Waals surface area contributed by atoms with E-state index < -0.39 is 0 Å². The summed E-state index contributed by atoms with van der Waals surface area (Å²) in [6.07, 6.45) is 2.14. The maximum Gasteiger partial charge on any atom is 0.0719 e. The number of rotatable bonds is 2.